The fourth-order valence-electron chi connectivity index (χ4n) is 0.564. The van der Waals surface area contributed by atoms with Crippen LogP contribution in [0.25, 0.3) is 0 Å². The Morgan fingerprint density at radius 1 is 1.30 bits per heavy atom. The highest BCUT2D eigenvalue weighted by molar-refractivity contribution is 9.09. The molecule has 0 amide bonds. The van der Waals surface area contributed by atoms with Crippen LogP contribution in [0, 0.1) is 0 Å². The monoisotopic (exact) mass is 226 g/mol. The van der Waals surface area contributed by atoms with Gasteiger partial charge in [-0.1, -0.05) is 15.9 Å². The van der Waals surface area contributed by atoms with Crippen molar-refractivity contribution in [1.82, 2.24) is 0 Å². The number of rotatable bonds is 7. The number of halogens is 1. The molecule has 0 bridgehead atoms. The third-order valence-corrected chi connectivity index (χ3v) is 2.77. The fraction of sp³-hybridized carbons (Fsp3) is 1.00. The molecule has 0 unspecified atom stereocenters. The van der Waals surface area contributed by atoms with Gasteiger partial charge in [0.25, 0.3) is 0 Å². The first-order chi connectivity index (χ1) is 4.91. The molecule has 3 heteroatoms. The van der Waals surface area contributed by atoms with Crippen molar-refractivity contribution in [1.29, 1.82) is 0 Å². The van der Waals surface area contributed by atoms with Crippen molar-refractivity contribution in [3.8, 4) is 0 Å². The molecule has 0 aliphatic rings. The summed E-state index contributed by atoms with van der Waals surface area (Å²) in [6.45, 7) is 0.904. The molecule has 0 rings (SSSR count). The Bertz CT molecular complexity index is 53.6. The van der Waals surface area contributed by atoms with Crippen LogP contribution in [0.2, 0.25) is 0 Å². The van der Waals surface area contributed by atoms with Gasteiger partial charge in [0, 0.05) is 19.0 Å². The van der Waals surface area contributed by atoms with Gasteiger partial charge < -0.3 is 4.74 Å². The highest BCUT2D eigenvalue weighted by Gasteiger charge is 1.88. The molecule has 0 aromatic rings. The number of alkyl halides is 1. The minimum Gasteiger partial charge on any atom is -0.385 e. The van der Waals surface area contributed by atoms with Gasteiger partial charge in [-0.3, -0.25) is 0 Å². The van der Waals surface area contributed by atoms with Crippen LogP contribution in [0.4, 0.5) is 0 Å². The second kappa shape index (κ2) is 9.79. The Hall–Kier alpha value is 0.790. The zero-order chi connectivity index (χ0) is 7.66. The Kier molecular flexibility index (Phi) is 10.6. The molecule has 0 spiro atoms. The quantitative estimate of drug-likeness (QED) is 0.488. The lowest BCUT2D eigenvalue weighted by atomic mass is 10.5. The van der Waals surface area contributed by atoms with E-state index in [2.05, 4.69) is 15.9 Å². The highest BCUT2D eigenvalue weighted by Crippen LogP contribution is 2.05. The van der Waals surface area contributed by atoms with Crippen molar-refractivity contribution in [3.05, 3.63) is 0 Å². The molecule has 0 aliphatic heterocycles. The second-order valence-corrected chi connectivity index (χ2v) is 4.02. The minimum atomic E-state index is 0.904. The Labute approximate surface area is 76.0 Å². The maximum absolute atomic E-state index is 4.93. The largest absolute Gasteiger partial charge is 0.385 e. The minimum absolute atomic E-state index is 0.904. The molecule has 0 N–H and O–H groups in total. The number of ether oxygens (including phenoxy) is 1. The lowest BCUT2D eigenvalue weighted by Crippen LogP contribution is -1.91. The smallest absolute Gasteiger partial charge is 0.0470 e. The summed E-state index contributed by atoms with van der Waals surface area (Å²) in [4.78, 5) is 0. The van der Waals surface area contributed by atoms with E-state index in [9.17, 15) is 0 Å². The number of thioether (sulfide) groups is 1. The zero-order valence-electron chi connectivity index (χ0n) is 6.44. The Balaban J connectivity index is 2.65. The zero-order valence-corrected chi connectivity index (χ0v) is 8.84. The maximum Gasteiger partial charge on any atom is 0.0470 e. The van der Waals surface area contributed by atoms with E-state index in [0.29, 0.717) is 0 Å². The van der Waals surface area contributed by atoms with Crippen LogP contribution in [0.5, 0.6) is 0 Å². The topological polar surface area (TPSA) is 9.23 Å². The van der Waals surface area contributed by atoms with Crippen LogP contribution in [-0.2, 0) is 4.74 Å². The van der Waals surface area contributed by atoms with Gasteiger partial charge in [-0.2, -0.15) is 11.8 Å². The van der Waals surface area contributed by atoms with Crippen LogP contribution in [0.1, 0.15) is 12.8 Å². The number of hydrogen-bond donors (Lipinski definition) is 0. The summed E-state index contributed by atoms with van der Waals surface area (Å²) in [6.07, 6.45) is 2.46. The van der Waals surface area contributed by atoms with Gasteiger partial charge in [0.2, 0.25) is 0 Å². The van der Waals surface area contributed by atoms with E-state index in [4.69, 9.17) is 4.74 Å². The molecule has 0 aliphatic carbocycles. The predicted octanol–water partition coefficient (Wildman–Crippen LogP) is 2.54. The summed E-state index contributed by atoms with van der Waals surface area (Å²) in [5, 5.41) is 1.13. The highest BCUT2D eigenvalue weighted by atomic mass is 79.9. The van der Waals surface area contributed by atoms with Crippen LogP contribution in [0.15, 0.2) is 0 Å². The molecular formula is C7H15BrOS. The van der Waals surface area contributed by atoms with E-state index in [0.717, 1.165) is 11.9 Å². The van der Waals surface area contributed by atoms with Crippen molar-refractivity contribution in [3.63, 3.8) is 0 Å². The molecule has 0 saturated heterocycles. The van der Waals surface area contributed by atoms with E-state index >= 15 is 0 Å². The third-order valence-electron chi connectivity index (χ3n) is 1.06. The molecule has 0 aromatic heterocycles. The Morgan fingerprint density at radius 3 is 2.60 bits per heavy atom. The molecular weight excluding hydrogens is 212 g/mol. The first-order valence-electron chi connectivity index (χ1n) is 3.54. The van der Waals surface area contributed by atoms with E-state index in [1.165, 1.54) is 24.3 Å². The summed E-state index contributed by atoms with van der Waals surface area (Å²) in [5.41, 5.74) is 0. The average molecular weight is 227 g/mol. The first-order valence-corrected chi connectivity index (χ1v) is 5.82. The van der Waals surface area contributed by atoms with Crippen LogP contribution in [-0.4, -0.2) is 30.6 Å². The first kappa shape index (κ1) is 10.8. The fourth-order valence-corrected chi connectivity index (χ4v) is 2.09. The number of hydrogen-bond acceptors (Lipinski definition) is 2. The SMILES string of the molecule is COCCCSCCCBr. The maximum atomic E-state index is 4.93. The van der Waals surface area contributed by atoms with E-state index in [-0.39, 0.29) is 0 Å². The molecule has 62 valence electrons. The van der Waals surface area contributed by atoms with Crippen LogP contribution < -0.4 is 0 Å². The van der Waals surface area contributed by atoms with Crippen molar-refractivity contribution in [2.24, 2.45) is 0 Å². The van der Waals surface area contributed by atoms with Gasteiger partial charge in [-0.25, -0.2) is 0 Å². The van der Waals surface area contributed by atoms with Crippen molar-refractivity contribution in [2.75, 3.05) is 30.6 Å². The lowest BCUT2D eigenvalue weighted by molar-refractivity contribution is 0.200. The third kappa shape index (κ3) is 8.79. The second-order valence-electron chi connectivity index (χ2n) is 2.00. The van der Waals surface area contributed by atoms with E-state index in [1.54, 1.807) is 7.11 Å². The van der Waals surface area contributed by atoms with Gasteiger partial charge in [0.15, 0.2) is 0 Å². The molecule has 1 nitrogen and oxygen atoms in total. The van der Waals surface area contributed by atoms with Crippen LogP contribution >= 0.6 is 27.7 Å². The molecule has 10 heavy (non-hydrogen) atoms. The lowest BCUT2D eigenvalue weighted by Gasteiger charge is -1.98. The molecule has 0 fully saturated rings. The van der Waals surface area contributed by atoms with E-state index in [1.807, 2.05) is 11.8 Å². The predicted molar refractivity (Wildman–Crippen MR) is 52.2 cm³/mol. The summed E-state index contributed by atoms with van der Waals surface area (Å²) < 4.78 is 4.93. The normalized spacial score (nSPS) is 10.2. The van der Waals surface area contributed by atoms with Gasteiger partial charge in [0.05, 0.1) is 0 Å². The summed E-state index contributed by atoms with van der Waals surface area (Å²) in [6, 6.07) is 0. The number of methoxy groups -OCH3 is 1. The molecule has 0 aromatic carbocycles. The molecule has 0 heterocycles. The van der Waals surface area contributed by atoms with Gasteiger partial charge >= 0.3 is 0 Å². The summed E-state index contributed by atoms with van der Waals surface area (Å²) in [5.74, 6) is 2.51. The summed E-state index contributed by atoms with van der Waals surface area (Å²) >= 11 is 5.40. The van der Waals surface area contributed by atoms with Crippen LogP contribution in [0.3, 0.4) is 0 Å². The molecule has 0 atom stereocenters. The summed E-state index contributed by atoms with van der Waals surface area (Å²) in [7, 11) is 1.75. The molecule has 0 saturated carbocycles. The standard InChI is InChI=1S/C7H15BrOS/c1-9-5-3-7-10-6-2-4-8/h2-7H2,1H3. The Morgan fingerprint density at radius 2 is 2.00 bits per heavy atom. The van der Waals surface area contributed by atoms with Crippen molar-refractivity contribution < 1.29 is 4.74 Å². The average Bonchev–Trinajstić information content (AvgIpc) is 1.97. The molecule has 0 radical (unpaired) electrons. The van der Waals surface area contributed by atoms with Gasteiger partial charge in [0.1, 0.15) is 0 Å². The van der Waals surface area contributed by atoms with Gasteiger partial charge in [-0.05, 0) is 24.3 Å². The van der Waals surface area contributed by atoms with Crippen molar-refractivity contribution in [2.45, 2.75) is 12.8 Å². The van der Waals surface area contributed by atoms with Crippen molar-refractivity contribution >= 4 is 27.7 Å². The van der Waals surface area contributed by atoms with Gasteiger partial charge in [-0.15, -0.1) is 0 Å². The van der Waals surface area contributed by atoms with E-state index < -0.39 is 0 Å².